The molecule has 25 heavy (non-hydrogen) atoms. The molecule has 0 aromatic heterocycles. The lowest BCUT2D eigenvalue weighted by molar-refractivity contribution is -0.118. The number of carbonyl (C=O) groups excluding carboxylic acids is 1. The molecule has 0 aliphatic carbocycles. The lowest BCUT2D eigenvalue weighted by atomic mass is 9.70. The third-order valence-corrected chi connectivity index (χ3v) is 4.81. The molecule has 0 bridgehead atoms. The zero-order chi connectivity index (χ0) is 17.6. The van der Waals surface area contributed by atoms with Crippen molar-refractivity contribution in [2.45, 2.75) is 5.41 Å². The fourth-order valence-electron chi connectivity index (χ4n) is 3.44. The first kappa shape index (κ1) is 15.8. The van der Waals surface area contributed by atoms with Gasteiger partial charge in [0.1, 0.15) is 5.41 Å². The van der Waals surface area contributed by atoms with Crippen LogP contribution < -0.4 is 5.32 Å². The predicted molar refractivity (Wildman–Crippen MR) is 92.8 cm³/mol. The first-order chi connectivity index (χ1) is 12.0. The van der Waals surface area contributed by atoms with Crippen LogP contribution in [0.3, 0.4) is 0 Å². The van der Waals surface area contributed by atoms with Crippen molar-refractivity contribution in [1.82, 2.24) is 0 Å². The fraction of sp³-hybridized carbons (Fsp3) is 0.0500. The Balaban J connectivity index is 2.09. The maximum absolute atomic E-state index is 14.3. The predicted octanol–water partition coefficient (Wildman–Crippen LogP) is 4.90. The highest BCUT2D eigenvalue weighted by Gasteiger charge is 2.50. The molecule has 1 atom stereocenters. The largest absolute Gasteiger partial charge is 0.322 e. The summed E-state index contributed by atoms with van der Waals surface area (Å²) in [6, 6.07) is 18.3. The van der Waals surface area contributed by atoms with Gasteiger partial charge >= 0.3 is 0 Å². The van der Waals surface area contributed by atoms with Gasteiger partial charge in [0.05, 0.1) is 5.69 Å². The molecule has 2 nitrogen and oxygen atoms in total. The van der Waals surface area contributed by atoms with Gasteiger partial charge in [-0.15, -0.1) is 0 Å². The molecule has 1 amide bonds. The molecule has 4 rings (SSSR count). The van der Waals surface area contributed by atoms with Crippen molar-refractivity contribution in [2.75, 3.05) is 5.32 Å². The molecule has 0 fully saturated rings. The second kappa shape index (κ2) is 5.67. The zero-order valence-electron chi connectivity index (χ0n) is 12.9. The molecular formula is C20H12ClF2NO. The van der Waals surface area contributed by atoms with E-state index >= 15 is 0 Å². The summed E-state index contributed by atoms with van der Waals surface area (Å²) in [7, 11) is 0. The summed E-state index contributed by atoms with van der Waals surface area (Å²) in [5.74, 6) is -2.49. The van der Waals surface area contributed by atoms with E-state index in [4.69, 9.17) is 11.6 Å². The quantitative estimate of drug-likeness (QED) is 0.695. The van der Waals surface area contributed by atoms with Crippen LogP contribution in [-0.4, -0.2) is 5.91 Å². The van der Waals surface area contributed by atoms with Gasteiger partial charge in [0.25, 0.3) is 0 Å². The van der Waals surface area contributed by atoms with E-state index in [2.05, 4.69) is 5.32 Å². The SMILES string of the molecule is O=C1Nc2c(ccc(F)c2F)C1(c1ccccc1)c1ccc(Cl)cc1. The summed E-state index contributed by atoms with van der Waals surface area (Å²) in [5, 5.41) is 3.05. The summed E-state index contributed by atoms with van der Waals surface area (Å²) in [5.41, 5.74) is 0.286. The number of benzene rings is 3. The van der Waals surface area contributed by atoms with Gasteiger partial charge in [-0.3, -0.25) is 4.79 Å². The molecule has 1 aliphatic rings. The van der Waals surface area contributed by atoms with Crippen LogP contribution in [0.15, 0.2) is 66.7 Å². The average Bonchev–Trinajstić information content (AvgIpc) is 2.93. The van der Waals surface area contributed by atoms with Gasteiger partial charge in [-0.1, -0.05) is 60.1 Å². The Bertz CT molecular complexity index is 973. The third-order valence-electron chi connectivity index (χ3n) is 4.56. The summed E-state index contributed by atoms with van der Waals surface area (Å²) in [6.45, 7) is 0. The van der Waals surface area contributed by atoms with Gasteiger partial charge in [0, 0.05) is 10.6 Å². The van der Waals surface area contributed by atoms with Crippen LogP contribution in [0.5, 0.6) is 0 Å². The number of anilines is 1. The molecule has 0 saturated heterocycles. The first-order valence-electron chi connectivity index (χ1n) is 7.66. The molecular weight excluding hydrogens is 344 g/mol. The van der Waals surface area contributed by atoms with E-state index in [0.29, 0.717) is 21.7 Å². The van der Waals surface area contributed by atoms with Crippen LogP contribution in [-0.2, 0) is 10.2 Å². The van der Waals surface area contributed by atoms with Crippen molar-refractivity contribution in [1.29, 1.82) is 0 Å². The number of rotatable bonds is 2. The lowest BCUT2D eigenvalue weighted by Crippen LogP contribution is -2.36. The average molecular weight is 356 g/mol. The van der Waals surface area contributed by atoms with Crippen LogP contribution in [0.4, 0.5) is 14.5 Å². The minimum absolute atomic E-state index is 0.121. The van der Waals surface area contributed by atoms with Gasteiger partial charge < -0.3 is 5.32 Å². The molecule has 3 aromatic rings. The zero-order valence-corrected chi connectivity index (χ0v) is 13.6. The Hall–Kier alpha value is -2.72. The van der Waals surface area contributed by atoms with E-state index in [1.54, 1.807) is 48.5 Å². The Kier molecular flexibility index (Phi) is 3.58. The summed E-state index contributed by atoms with van der Waals surface area (Å²) >= 11 is 5.98. The molecule has 0 saturated carbocycles. The standard InChI is InChI=1S/C20H12ClF2NO/c21-14-8-6-13(7-9-14)20(12-4-2-1-3-5-12)15-10-11-16(22)17(23)18(15)24-19(20)25/h1-11H,(H,24,25). The third kappa shape index (κ3) is 2.18. The van der Waals surface area contributed by atoms with E-state index in [-0.39, 0.29) is 5.69 Å². The van der Waals surface area contributed by atoms with E-state index in [0.717, 1.165) is 6.07 Å². The summed E-state index contributed by atoms with van der Waals surface area (Å²) in [4.78, 5) is 13.1. The van der Waals surface area contributed by atoms with Gasteiger partial charge in [0.15, 0.2) is 11.6 Å². The number of amides is 1. The molecule has 5 heteroatoms. The molecule has 124 valence electrons. The van der Waals surface area contributed by atoms with Crippen molar-refractivity contribution in [3.05, 3.63) is 100 Å². The van der Waals surface area contributed by atoms with Gasteiger partial charge in [-0.25, -0.2) is 8.78 Å². The van der Waals surface area contributed by atoms with Crippen LogP contribution >= 0.6 is 11.6 Å². The van der Waals surface area contributed by atoms with Crippen molar-refractivity contribution >= 4 is 23.2 Å². The van der Waals surface area contributed by atoms with Crippen LogP contribution in [0, 0.1) is 11.6 Å². The second-order valence-corrected chi connectivity index (χ2v) is 6.30. The topological polar surface area (TPSA) is 29.1 Å². The number of hydrogen-bond donors (Lipinski definition) is 1. The molecule has 1 heterocycles. The molecule has 0 radical (unpaired) electrons. The number of hydrogen-bond acceptors (Lipinski definition) is 1. The molecule has 1 N–H and O–H groups in total. The van der Waals surface area contributed by atoms with Crippen molar-refractivity contribution in [3.8, 4) is 0 Å². The number of carbonyl (C=O) groups is 1. The number of halogens is 3. The van der Waals surface area contributed by atoms with Crippen LogP contribution in [0.25, 0.3) is 0 Å². The molecule has 1 aliphatic heterocycles. The van der Waals surface area contributed by atoms with Crippen LogP contribution in [0.1, 0.15) is 16.7 Å². The van der Waals surface area contributed by atoms with Crippen LogP contribution in [0.2, 0.25) is 5.02 Å². The number of fused-ring (bicyclic) bond motifs is 1. The minimum atomic E-state index is -1.27. The maximum atomic E-state index is 14.3. The Morgan fingerprint density at radius 2 is 1.48 bits per heavy atom. The highest BCUT2D eigenvalue weighted by Crippen LogP contribution is 2.48. The molecule has 0 spiro atoms. The van der Waals surface area contributed by atoms with E-state index in [1.165, 1.54) is 6.07 Å². The number of nitrogens with one attached hydrogen (secondary N) is 1. The molecule has 1 unspecified atom stereocenters. The van der Waals surface area contributed by atoms with Gasteiger partial charge in [-0.05, 0) is 29.3 Å². The first-order valence-corrected chi connectivity index (χ1v) is 8.04. The van der Waals surface area contributed by atoms with Crippen molar-refractivity contribution in [3.63, 3.8) is 0 Å². The lowest BCUT2D eigenvalue weighted by Gasteiger charge is -2.29. The highest BCUT2D eigenvalue weighted by atomic mass is 35.5. The fourth-order valence-corrected chi connectivity index (χ4v) is 3.57. The monoisotopic (exact) mass is 355 g/mol. The Labute approximate surface area is 148 Å². The Morgan fingerprint density at radius 1 is 0.840 bits per heavy atom. The minimum Gasteiger partial charge on any atom is -0.322 e. The van der Waals surface area contributed by atoms with E-state index < -0.39 is 23.0 Å². The maximum Gasteiger partial charge on any atom is 0.244 e. The highest BCUT2D eigenvalue weighted by molar-refractivity contribution is 6.30. The van der Waals surface area contributed by atoms with Gasteiger partial charge in [0.2, 0.25) is 5.91 Å². The Morgan fingerprint density at radius 3 is 2.16 bits per heavy atom. The van der Waals surface area contributed by atoms with Crippen molar-refractivity contribution < 1.29 is 13.6 Å². The summed E-state index contributed by atoms with van der Waals surface area (Å²) in [6.07, 6.45) is 0. The molecule has 3 aromatic carbocycles. The smallest absolute Gasteiger partial charge is 0.244 e. The van der Waals surface area contributed by atoms with Crippen molar-refractivity contribution in [2.24, 2.45) is 0 Å². The van der Waals surface area contributed by atoms with Gasteiger partial charge in [-0.2, -0.15) is 0 Å². The summed E-state index contributed by atoms with van der Waals surface area (Å²) < 4.78 is 28.0. The van der Waals surface area contributed by atoms with E-state index in [1.807, 2.05) is 6.07 Å². The van der Waals surface area contributed by atoms with E-state index in [9.17, 15) is 13.6 Å². The second-order valence-electron chi connectivity index (χ2n) is 5.86. The normalized spacial score (nSPS) is 18.8.